The van der Waals surface area contributed by atoms with E-state index in [1.807, 2.05) is 32.9 Å². The normalized spacial score (nSPS) is 11.7. The highest BCUT2D eigenvalue weighted by Crippen LogP contribution is 2.41. The minimum Gasteiger partial charge on any atom is -0.261 e. The molecule has 0 saturated heterocycles. The van der Waals surface area contributed by atoms with Gasteiger partial charge in [-0.2, -0.15) is 4.98 Å². The quantitative estimate of drug-likeness (QED) is 0.411. The largest absolute Gasteiger partial charge is 0.354 e. The molecule has 160 valence electrons. The Labute approximate surface area is 193 Å². The predicted octanol–water partition coefficient (Wildman–Crippen LogP) is 5.26. The van der Waals surface area contributed by atoms with Crippen molar-refractivity contribution >= 4 is 50.5 Å². The van der Waals surface area contributed by atoms with Crippen molar-refractivity contribution in [3.05, 3.63) is 80.2 Å². The van der Waals surface area contributed by atoms with Gasteiger partial charge in [0.2, 0.25) is 0 Å². The van der Waals surface area contributed by atoms with Gasteiger partial charge < -0.3 is 0 Å². The summed E-state index contributed by atoms with van der Waals surface area (Å²) in [6.45, 7) is 5.61. The number of sulfonamides is 1. The highest BCUT2D eigenvalue weighted by molar-refractivity contribution is 8.01. The molecule has 0 atom stereocenters. The molecule has 0 aromatic heterocycles. The van der Waals surface area contributed by atoms with Crippen molar-refractivity contribution < 1.29 is 8.42 Å². The van der Waals surface area contributed by atoms with Gasteiger partial charge in [0.1, 0.15) is 5.69 Å². The van der Waals surface area contributed by atoms with Crippen LogP contribution in [0.15, 0.2) is 67.3 Å². The molecule has 0 radical (unpaired) electrons. The monoisotopic (exact) mass is 491 g/mol. The molecule has 4 rings (SSSR count). The van der Waals surface area contributed by atoms with Crippen LogP contribution in [0.25, 0.3) is 5.69 Å². The lowest BCUT2D eigenvalue weighted by Gasteiger charge is -2.16. The Morgan fingerprint density at radius 2 is 1.68 bits per heavy atom. The third kappa shape index (κ3) is 4.36. The number of halogens is 1. The molecule has 0 bridgehead atoms. The van der Waals surface area contributed by atoms with Crippen molar-refractivity contribution in [3.8, 4) is 5.69 Å². The maximum atomic E-state index is 12.9. The van der Waals surface area contributed by atoms with E-state index in [1.165, 1.54) is 39.8 Å². The average molecular weight is 492 g/mol. The van der Waals surface area contributed by atoms with E-state index < -0.39 is 15.7 Å². The van der Waals surface area contributed by atoms with E-state index in [0.29, 0.717) is 10.7 Å². The number of nitrogens with one attached hydrogen (secondary N) is 1. The Bertz CT molecular complexity index is 1390. The molecule has 2 aromatic carbocycles. The first kappa shape index (κ1) is 21.9. The van der Waals surface area contributed by atoms with Gasteiger partial charge >= 0.3 is 5.69 Å². The van der Waals surface area contributed by atoms with Crippen LogP contribution in [-0.4, -0.2) is 18.0 Å². The van der Waals surface area contributed by atoms with Crippen LogP contribution in [0.2, 0.25) is 5.02 Å². The van der Waals surface area contributed by atoms with E-state index in [-0.39, 0.29) is 10.7 Å². The van der Waals surface area contributed by atoms with E-state index >= 15 is 0 Å². The maximum absolute atomic E-state index is 12.9. The van der Waals surface area contributed by atoms with E-state index in [2.05, 4.69) is 9.71 Å². The van der Waals surface area contributed by atoms with Gasteiger partial charge in [0.15, 0.2) is 5.82 Å². The van der Waals surface area contributed by atoms with E-state index in [1.54, 1.807) is 24.3 Å². The molecule has 2 aliphatic heterocycles. The average Bonchev–Trinajstić information content (AvgIpc) is 3.03. The summed E-state index contributed by atoms with van der Waals surface area (Å²) < 4.78 is 30.6. The van der Waals surface area contributed by atoms with Gasteiger partial charge in [-0.25, -0.2) is 13.2 Å². The zero-order chi connectivity index (χ0) is 22.3. The molecule has 1 N–H and O–H groups in total. The Morgan fingerprint density at radius 3 is 2.32 bits per heavy atom. The molecule has 0 saturated carbocycles. The highest BCUT2D eigenvalue weighted by Gasteiger charge is 2.27. The van der Waals surface area contributed by atoms with Crippen LogP contribution >= 0.6 is 34.7 Å². The lowest BCUT2D eigenvalue weighted by Crippen LogP contribution is -2.17. The van der Waals surface area contributed by atoms with Crippen LogP contribution in [0.3, 0.4) is 0 Å². The van der Waals surface area contributed by atoms with Crippen LogP contribution in [0, 0.1) is 20.8 Å². The Kier molecular flexibility index (Phi) is 5.87. The molecule has 0 fully saturated rings. The number of imidazole rings is 1. The van der Waals surface area contributed by atoms with Crippen molar-refractivity contribution in [3.63, 3.8) is 0 Å². The summed E-state index contributed by atoms with van der Waals surface area (Å²) in [5.74, 6) is 0.0152. The molecule has 0 aliphatic carbocycles. The van der Waals surface area contributed by atoms with Gasteiger partial charge in [0, 0.05) is 20.5 Å². The number of fused-ring (bicyclic) bond motifs is 1. The van der Waals surface area contributed by atoms with E-state index in [9.17, 15) is 13.2 Å². The molecule has 2 aromatic rings. The van der Waals surface area contributed by atoms with Gasteiger partial charge in [-0.1, -0.05) is 41.1 Å². The second kappa shape index (κ2) is 8.31. The predicted molar refractivity (Wildman–Crippen MR) is 126 cm³/mol. The smallest absolute Gasteiger partial charge is 0.261 e. The highest BCUT2D eigenvalue weighted by atomic mass is 35.5. The van der Waals surface area contributed by atoms with Crippen LogP contribution in [0.4, 0.5) is 5.82 Å². The maximum Gasteiger partial charge on any atom is 0.354 e. The number of benzene rings is 2. The molecule has 31 heavy (non-hydrogen) atoms. The topological polar surface area (TPSA) is 81.1 Å². The first-order valence-corrected chi connectivity index (χ1v) is 12.7. The fourth-order valence-corrected chi connectivity index (χ4v) is 6.51. The van der Waals surface area contributed by atoms with Gasteiger partial charge in [0.05, 0.1) is 9.10 Å². The summed E-state index contributed by atoms with van der Waals surface area (Å²) in [6.07, 6.45) is 0. The molecule has 0 spiro atoms. The minimum absolute atomic E-state index is 0.0152. The number of aryl methyl sites for hydroxylation is 2. The third-order valence-electron chi connectivity index (χ3n) is 4.72. The fraction of sp³-hybridized carbons (Fsp3) is 0.143. The number of hydrogen-bond donors (Lipinski definition) is 1. The Hall–Kier alpha value is -2.33. The zero-order valence-electron chi connectivity index (χ0n) is 16.8. The second-order valence-corrected chi connectivity index (χ2v) is 11.6. The van der Waals surface area contributed by atoms with Crippen LogP contribution in [0.1, 0.15) is 16.1 Å². The molecular weight excluding hydrogens is 474 g/mol. The Morgan fingerprint density at radius 1 is 1.03 bits per heavy atom. The zero-order valence-corrected chi connectivity index (χ0v) is 20.0. The standard InChI is InChI=1S/C21H18ClN3O3S3/c1-12-4-10-17(11-5-12)31(27,28)24-19-18-20(30-16-8-6-15(22)7-9-16)29-14(3)13(2)25(18)21(26)23-19/h4-11H,1-3H3,(H,23,24,26). The molecular formula is C21H18ClN3O3S3. The molecule has 0 amide bonds. The fourth-order valence-electron chi connectivity index (χ4n) is 2.97. The Balaban J connectivity index is 1.83. The number of aromatic nitrogens is 2. The molecule has 2 aliphatic rings. The number of rotatable bonds is 5. The molecule has 2 heterocycles. The summed E-state index contributed by atoms with van der Waals surface area (Å²) in [4.78, 5) is 18.7. The van der Waals surface area contributed by atoms with Crippen LogP contribution in [0.5, 0.6) is 0 Å². The summed E-state index contributed by atoms with van der Waals surface area (Å²) in [5.41, 5.74) is 1.58. The molecule has 10 heteroatoms. The first-order chi connectivity index (χ1) is 14.7. The first-order valence-electron chi connectivity index (χ1n) is 9.21. The molecule has 6 nitrogen and oxygen atoms in total. The van der Waals surface area contributed by atoms with Gasteiger partial charge in [0.25, 0.3) is 10.0 Å². The summed E-state index contributed by atoms with van der Waals surface area (Å²) in [6, 6.07) is 13.8. The van der Waals surface area contributed by atoms with Gasteiger partial charge in [-0.3, -0.25) is 9.29 Å². The number of nitrogens with zero attached hydrogens (tertiary/aromatic N) is 2. The van der Waals surface area contributed by atoms with Gasteiger partial charge in [-0.05, 0) is 57.2 Å². The second-order valence-electron chi connectivity index (χ2n) is 6.93. The summed E-state index contributed by atoms with van der Waals surface area (Å²) >= 11 is 8.89. The summed E-state index contributed by atoms with van der Waals surface area (Å²) in [5, 5.41) is 0.621. The lowest BCUT2D eigenvalue weighted by atomic mass is 10.2. The van der Waals surface area contributed by atoms with Crippen LogP contribution in [-0.2, 0) is 10.0 Å². The van der Waals surface area contributed by atoms with Crippen molar-refractivity contribution in [2.75, 3.05) is 4.72 Å². The lowest BCUT2D eigenvalue weighted by molar-refractivity contribution is 0.601. The van der Waals surface area contributed by atoms with E-state index in [0.717, 1.165) is 25.2 Å². The van der Waals surface area contributed by atoms with Crippen LogP contribution < -0.4 is 10.4 Å². The van der Waals surface area contributed by atoms with Crippen molar-refractivity contribution in [2.24, 2.45) is 0 Å². The van der Waals surface area contributed by atoms with Gasteiger partial charge in [-0.15, -0.1) is 11.3 Å². The number of hydrogen-bond acceptors (Lipinski definition) is 6. The summed E-state index contributed by atoms with van der Waals surface area (Å²) in [7, 11) is -3.91. The SMILES string of the molecule is Cc1ccc(S(=O)(=O)Nc2nc(=O)n3c(C)c(C)sc(Sc4ccc(Cl)cc4)c2-3)cc1. The van der Waals surface area contributed by atoms with E-state index in [4.69, 9.17) is 11.6 Å². The van der Waals surface area contributed by atoms with Crippen molar-refractivity contribution in [1.82, 2.24) is 9.55 Å². The third-order valence-corrected chi connectivity index (χ3v) is 8.69. The van der Waals surface area contributed by atoms with Crippen molar-refractivity contribution in [1.29, 1.82) is 0 Å². The minimum atomic E-state index is -3.91. The van der Waals surface area contributed by atoms with Crippen molar-refractivity contribution in [2.45, 2.75) is 34.8 Å². The molecule has 0 unspecified atom stereocenters. The number of anilines is 1.